The van der Waals surface area contributed by atoms with Crippen LogP contribution in [0.15, 0.2) is 25.3 Å². The molecule has 0 radical (unpaired) electrons. The lowest BCUT2D eigenvalue weighted by molar-refractivity contribution is -0.324. The molecule has 162 valence electrons. The van der Waals surface area contributed by atoms with Gasteiger partial charge < -0.3 is 19.7 Å². The van der Waals surface area contributed by atoms with Gasteiger partial charge in [0.15, 0.2) is 0 Å². The molecule has 0 aliphatic rings. The highest BCUT2D eigenvalue weighted by Gasteiger charge is 2.34. The van der Waals surface area contributed by atoms with Crippen molar-refractivity contribution in [2.24, 2.45) is 0 Å². The molecule has 0 aliphatic carbocycles. The molecule has 6 nitrogen and oxygen atoms in total. The molecule has 0 spiro atoms. The molecule has 0 aromatic carbocycles. The normalized spacial score (nSPS) is 11.1. The number of aliphatic hydroxyl groups is 2. The lowest BCUT2D eigenvalue weighted by Crippen LogP contribution is -2.39. The first-order valence-corrected chi connectivity index (χ1v) is 10.5. The number of carbonyl (C=O) groups is 2. The topological polar surface area (TPSA) is 93.1 Å². The van der Waals surface area contributed by atoms with Crippen molar-refractivity contribution in [1.82, 2.24) is 0 Å². The van der Waals surface area contributed by atoms with Gasteiger partial charge in [-0.15, -0.1) is 0 Å². The van der Waals surface area contributed by atoms with Gasteiger partial charge in [0.25, 0.3) is 0 Å². The molecule has 0 atom stereocenters. The van der Waals surface area contributed by atoms with Crippen molar-refractivity contribution in [2.75, 3.05) is 6.61 Å². The first-order valence-electron chi connectivity index (χ1n) is 10.5. The zero-order valence-corrected chi connectivity index (χ0v) is 17.2. The van der Waals surface area contributed by atoms with Gasteiger partial charge in [-0.25, -0.2) is 9.59 Å². The molecule has 0 aromatic rings. The molecule has 0 saturated heterocycles. The summed E-state index contributed by atoms with van der Waals surface area (Å²) in [4.78, 5) is 22.6. The number of ether oxygens (including phenoxy) is 2. The highest BCUT2D eigenvalue weighted by molar-refractivity contribution is 5.83. The Labute approximate surface area is 169 Å². The van der Waals surface area contributed by atoms with Gasteiger partial charge >= 0.3 is 17.9 Å². The second kappa shape index (κ2) is 17.4. The third kappa shape index (κ3) is 15.4. The zero-order valence-electron chi connectivity index (χ0n) is 17.2. The third-order valence-corrected chi connectivity index (χ3v) is 4.50. The summed E-state index contributed by atoms with van der Waals surface area (Å²) in [5.74, 6) is -3.98. The summed E-state index contributed by atoms with van der Waals surface area (Å²) in [5.41, 5.74) is 0. The van der Waals surface area contributed by atoms with Crippen molar-refractivity contribution >= 4 is 11.9 Å². The lowest BCUT2D eigenvalue weighted by atomic mass is 10.0. The Bertz CT molecular complexity index is 424. The predicted molar refractivity (Wildman–Crippen MR) is 109 cm³/mol. The van der Waals surface area contributed by atoms with Crippen LogP contribution < -0.4 is 0 Å². The quantitative estimate of drug-likeness (QED) is 0.144. The van der Waals surface area contributed by atoms with E-state index >= 15 is 0 Å². The minimum Gasteiger partial charge on any atom is -0.396 e. The molecule has 28 heavy (non-hydrogen) atoms. The summed E-state index contributed by atoms with van der Waals surface area (Å²) < 4.78 is 9.54. The average molecular weight is 399 g/mol. The fraction of sp³-hybridized carbons (Fsp3) is 0.727. The van der Waals surface area contributed by atoms with E-state index in [1.165, 1.54) is 44.9 Å². The number of carbonyl (C=O) groups excluding carboxylic acids is 2. The van der Waals surface area contributed by atoms with Crippen LogP contribution in [0.5, 0.6) is 0 Å². The van der Waals surface area contributed by atoms with Crippen LogP contribution in [0.3, 0.4) is 0 Å². The monoisotopic (exact) mass is 398 g/mol. The van der Waals surface area contributed by atoms with Crippen molar-refractivity contribution in [3.8, 4) is 0 Å². The van der Waals surface area contributed by atoms with Crippen LogP contribution in [-0.4, -0.2) is 34.7 Å². The summed E-state index contributed by atoms with van der Waals surface area (Å²) in [6, 6.07) is 0. The SMILES string of the molecule is C=CC(=O)OC(O)(CCCCCCCCCCCCCCCO)OC(=O)C=C. The summed E-state index contributed by atoms with van der Waals surface area (Å²) in [6.07, 6.45) is 16.1. The maximum Gasteiger partial charge on any atom is 0.373 e. The molecule has 0 saturated carbocycles. The molecule has 0 amide bonds. The van der Waals surface area contributed by atoms with Crippen LogP contribution in [0.1, 0.15) is 89.9 Å². The van der Waals surface area contributed by atoms with Gasteiger partial charge in [0.2, 0.25) is 0 Å². The Hall–Kier alpha value is -1.66. The summed E-state index contributed by atoms with van der Waals surface area (Å²) in [6.45, 7) is 6.83. The Balaban J connectivity index is 3.74. The largest absolute Gasteiger partial charge is 0.396 e. The van der Waals surface area contributed by atoms with Crippen molar-refractivity contribution in [3.05, 3.63) is 25.3 Å². The van der Waals surface area contributed by atoms with Gasteiger partial charge in [0, 0.05) is 18.8 Å². The van der Waals surface area contributed by atoms with Crippen LogP contribution in [0.2, 0.25) is 0 Å². The highest BCUT2D eigenvalue weighted by Crippen LogP contribution is 2.21. The lowest BCUT2D eigenvalue weighted by Gasteiger charge is -2.25. The molecule has 6 heteroatoms. The standard InChI is InChI=1S/C22H38O6/c1-3-20(24)27-22(26,28-21(25)4-2)18-16-14-12-10-8-6-5-7-9-11-13-15-17-19-23/h3-4,23,26H,1-2,5-19H2. The number of unbranched alkanes of at least 4 members (excludes halogenated alkanes) is 12. The van der Waals surface area contributed by atoms with Gasteiger partial charge in [0.1, 0.15) is 0 Å². The van der Waals surface area contributed by atoms with Crippen LogP contribution in [0.4, 0.5) is 0 Å². The Morgan fingerprint density at radius 3 is 1.32 bits per heavy atom. The molecule has 0 aliphatic heterocycles. The van der Waals surface area contributed by atoms with E-state index in [0.29, 0.717) is 13.0 Å². The number of esters is 2. The molecule has 0 bridgehead atoms. The fourth-order valence-electron chi connectivity index (χ4n) is 2.93. The van der Waals surface area contributed by atoms with Gasteiger partial charge in [-0.3, -0.25) is 0 Å². The number of rotatable bonds is 19. The summed E-state index contributed by atoms with van der Waals surface area (Å²) in [7, 11) is 0. The molecule has 0 rings (SSSR count). The molecular formula is C22H38O6. The average Bonchev–Trinajstić information content (AvgIpc) is 2.67. The van der Waals surface area contributed by atoms with E-state index in [4.69, 9.17) is 14.6 Å². The van der Waals surface area contributed by atoms with Gasteiger partial charge in [-0.1, -0.05) is 83.8 Å². The number of aliphatic hydroxyl groups excluding tert-OH is 1. The van der Waals surface area contributed by atoms with Crippen molar-refractivity contribution in [3.63, 3.8) is 0 Å². The predicted octanol–water partition coefficient (Wildman–Crippen LogP) is 4.54. The fourth-order valence-corrected chi connectivity index (χ4v) is 2.93. The molecule has 0 aromatic heterocycles. The summed E-state index contributed by atoms with van der Waals surface area (Å²) in [5, 5.41) is 18.9. The van der Waals surface area contributed by atoms with Gasteiger partial charge in [-0.2, -0.15) is 0 Å². The van der Waals surface area contributed by atoms with E-state index in [-0.39, 0.29) is 6.42 Å². The van der Waals surface area contributed by atoms with Crippen LogP contribution in [0.25, 0.3) is 0 Å². The van der Waals surface area contributed by atoms with E-state index in [0.717, 1.165) is 44.3 Å². The first kappa shape index (κ1) is 26.3. The smallest absolute Gasteiger partial charge is 0.373 e. The molecule has 0 fully saturated rings. The molecule has 2 N–H and O–H groups in total. The van der Waals surface area contributed by atoms with Crippen molar-refractivity contribution < 1.29 is 29.3 Å². The van der Waals surface area contributed by atoms with Gasteiger partial charge in [-0.05, 0) is 12.8 Å². The molecule has 0 unspecified atom stereocenters. The van der Waals surface area contributed by atoms with E-state index in [1.807, 2.05) is 0 Å². The Morgan fingerprint density at radius 1 is 0.679 bits per heavy atom. The molecule has 0 heterocycles. The minimum atomic E-state index is -2.27. The van der Waals surface area contributed by atoms with Gasteiger partial charge in [0.05, 0.1) is 6.42 Å². The van der Waals surface area contributed by atoms with Crippen LogP contribution >= 0.6 is 0 Å². The third-order valence-electron chi connectivity index (χ3n) is 4.50. The first-order chi connectivity index (χ1) is 13.5. The van der Waals surface area contributed by atoms with Crippen LogP contribution in [-0.2, 0) is 19.1 Å². The maximum absolute atomic E-state index is 11.3. The van der Waals surface area contributed by atoms with Crippen molar-refractivity contribution in [2.45, 2.75) is 95.9 Å². The van der Waals surface area contributed by atoms with E-state index < -0.39 is 17.9 Å². The second-order valence-corrected chi connectivity index (χ2v) is 7.03. The highest BCUT2D eigenvalue weighted by atomic mass is 16.8. The van der Waals surface area contributed by atoms with E-state index in [2.05, 4.69) is 13.2 Å². The summed E-state index contributed by atoms with van der Waals surface area (Å²) >= 11 is 0. The number of hydrogen-bond acceptors (Lipinski definition) is 6. The van der Waals surface area contributed by atoms with Crippen LogP contribution in [0, 0.1) is 0 Å². The zero-order chi connectivity index (χ0) is 21.1. The van der Waals surface area contributed by atoms with E-state index in [9.17, 15) is 14.7 Å². The number of hydrogen-bond donors (Lipinski definition) is 2. The molecular weight excluding hydrogens is 360 g/mol. The van der Waals surface area contributed by atoms with Crippen molar-refractivity contribution in [1.29, 1.82) is 0 Å². The second-order valence-electron chi connectivity index (χ2n) is 7.03. The minimum absolute atomic E-state index is 0.0163. The maximum atomic E-state index is 11.3. The van der Waals surface area contributed by atoms with E-state index in [1.54, 1.807) is 0 Å². The Kier molecular flexibility index (Phi) is 16.4. The Morgan fingerprint density at radius 2 is 1.00 bits per heavy atom.